The molecule has 0 saturated carbocycles. The van der Waals surface area contributed by atoms with Crippen molar-refractivity contribution >= 4 is 22.5 Å². The maximum absolute atomic E-state index is 10.8. The highest BCUT2D eigenvalue weighted by molar-refractivity contribution is 5.87. The number of non-ortho nitro benzene ring substituents is 1. The minimum absolute atomic E-state index is 0.00838. The Hall–Kier alpha value is -3.03. The zero-order chi connectivity index (χ0) is 14.1. The first-order valence-electron chi connectivity index (χ1n) is 5.82. The van der Waals surface area contributed by atoms with Crippen molar-refractivity contribution in [3.63, 3.8) is 0 Å². The van der Waals surface area contributed by atoms with Gasteiger partial charge in [-0.3, -0.25) is 10.1 Å². The van der Waals surface area contributed by atoms with E-state index in [9.17, 15) is 10.1 Å². The predicted octanol–water partition coefficient (Wildman–Crippen LogP) is 1.77. The van der Waals surface area contributed by atoms with E-state index in [0.717, 1.165) is 5.39 Å². The molecule has 1 N–H and O–H groups in total. The largest absolute Gasteiger partial charge is 0.372 e. The molecule has 2 aromatic heterocycles. The summed E-state index contributed by atoms with van der Waals surface area (Å²) in [5.41, 5.74) is 1.17. The van der Waals surface area contributed by atoms with Crippen LogP contribution < -0.4 is 5.32 Å². The summed E-state index contributed by atoms with van der Waals surface area (Å²) in [6.07, 6.45) is 3.05. The van der Waals surface area contributed by atoms with Gasteiger partial charge in [-0.15, -0.1) is 0 Å². The van der Waals surface area contributed by atoms with Crippen molar-refractivity contribution in [1.82, 2.24) is 19.7 Å². The molecule has 0 aliphatic heterocycles. The van der Waals surface area contributed by atoms with Crippen LogP contribution in [0.25, 0.3) is 16.7 Å². The molecule has 0 fully saturated rings. The third-order valence-corrected chi connectivity index (χ3v) is 2.89. The van der Waals surface area contributed by atoms with Crippen molar-refractivity contribution in [2.45, 2.75) is 0 Å². The van der Waals surface area contributed by atoms with Crippen LogP contribution in [0.2, 0.25) is 0 Å². The van der Waals surface area contributed by atoms with Crippen LogP contribution in [0.4, 0.5) is 11.5 Å². The smallest absolute Gasteiger partial charge is 0.271 e. The Morgan fingerprint density at radius 2 is 2.20 bits per heavy atom. The van der Waals surface area contributed by atoms with Gasteiger partial charge in [-0.05, 0) is 6.07 Å². The lowest BCUT2D eigenvalue weighted by molar-refractivity contribution is -0.384. The number of anilines is 1. The molecule has 100 valence electrons. The van der Waals surface area contributed by atoms with Gasteiger partial charge in [0, 0.05) is 19.2 Å². The highest BCUT2D eigenvalue weighted by atomic mass is 16.6. The molecule has 8 heteroatoms. The molecule has 0 unspecified atom stereocenters. The lowest BCUT2D eigenvalue weighted by Gasteiger charge is -2.03. The maximum Gasteiger partial charge on any atom is 0.271 e. The molecule has 0 atom stereocenters. The summed E-state index contributed by atoms with van der Waals surface area (Å²) in [5.74, 6) is 0.659. The average molecular weight is 270 g/mol. The van der Waals surface area contributed by atoms with E-state index in [1.165, 1.54) is 18.5 Å². The normalized spacial score (nSPS) is 10.7. The highest BCUT2D eigenvalue weighted by Gasteiger charge is 2.12. The Morgan fingerprint density at radius 1 is 1.35 bits per heavy atom. The van der Waals surface area contributed by atoms with Crippen LogP contribution in [0.5, 0.6) is 0 Å². The maximum atomic E-state index is 10.8. The molecule has 0 bridgehead atoms. The fourth-order valence-corrected chi connectivity index (χ4v) is 1.97. The van der Waals surface area contributed by atoms with Crippen molar-refractivity contribution in [3.8, 4) is 5.69 Å². The number of rotatable bonds is 3. The molecular formula is C12H10N6O2. The topological polar surface area (TPSA) is 98.8 Å². The Morgan fingerprint density at radius 3 is 2.95 bits per heavy atom. The summed E-state index contributed by atoms with van der Waals surface area (Å²) in [7, 11) is 1.76. The number of nitro benzene ring substituents is 1. The lowest BCUT2D eigenvalue weighted by Crippen LogP contribution is -2.00. The standard InChI is InChI=1S/C12H10N6O2/c1-13-11-10-6-16-17(12(10)15-7-14-11)8-3-2-4-9(5-8)18(19)20/h2-7H,1H3,(H,13,14,15). The van der Waals surface area contributed by atoms with E-state index in [-0.39, 0.29) is 5.69 Å². The van der Waals surface area contributed by atoms with Gasteiger partial charge >= 0.3 is 0 Å². The molecule has 3 aromatic rings. The molecule has 0 radical (unpaired) electrons. The summed E-state index contributed by atoms with van der Waals surface area (Å²) in [6, 6.07) is 6.23. The molecule has 0 aliphatic carbocycles. The average Bonchev–Trinajstić information content (AvgIpc) is 2.91. The Bertz CT molecular complexity index is 797. The molecule has 0 aliphatic rings. The van der Waals surface area contributed by atoms with Crippen LogP contribution in [0.3, 0.4) is 0 Å². The predicted molar refractivity (Wildman–Crippen MR) is 72.9 cm³/mol. The molecule has 2 heterocycles. The Balaban J connectivity index is 2.20. The summed E-state index contributed by atoms with van der Waals surface area (Å²) in [5, 5.41) is 18.8. The van der Waals surface area contributed by atoms with E-state index in [1.54, 1.807) is 30.1 Å². The van der Waals surface area contributed by atoms with Crippen LogP contribution in [0, 0.1) is 10.1 Å². The monoisotopic (exact) mass is 270 g/mol. The molecule has 0 amide bonds. The summed E-state index contributed by atoms with van der Waals surface area (Å²) < 4.78 is 1.55. The minimum Gasteiger partial charge on any atom is -0.372 e. The van der Waals surface area contributed by atoms with Crippen LogP contribution in [0.15, 0.2) is 36.8 Å². The van der Waals surface area contributed by atoms with Crippen LogP contribution >= 0.6 is 0 Å². The van der Waals surface area contributed by atoms with Crippen molar-refractivity contribution in [2.24, 2.45) is 0 Å². The van der Waals surface area contributed by atoms with E-state index < -0.39 is 4.92 Å². The minimum atomic E-state index is -0.441. The lowest BCUT2D eigenvalue weighted by atomic mass is 10.3. The summed E-state index contributed by atoms with van der Waals surface area (Å²) in [4.78, 5) is 18.7. The van der Waals surface area contributed by atoms with Crippen molar-refractivity contribution < 1.29 is 4.92 Å². The Labute approximate surface area is 113 Å². The van der Waals surface area contributed by atoms with Gasteiger partial charge in [0.05, 0.1) is 22.2 Å². The molecular weight excluding hydrogens is 260 g/mol. The fraction of sp³-hybridized carbons (Fsp3) is 0.0833. The zero-order valence-electron chi connectivity index (χ0n) is 10.5. The first-order valence-corrected chi connectivity index (χ1v) is 5.82. The molecule has 20 heavy (non-hydrogen) atoms. The third kappa shape index (κ3) is 1.83. The number of nitrogens with one attached hydrogen (secondary N) is 1. The van der Waals surface area contributed by atoms with Gasteiger partial charge < -0.3 is 5.32 Å². The quantitative estimate of drug-likeness (QED) is 0.575. The van der Waals surface area contributed by atoms with Crippen LogP contribution in [0.1, 0.15) is 0 Å². The van der Waals surface area contributed by atoms with E-state index >= 15 is 0 Å². The molecule has 3 rings (SSSR count). The van der Waals surface area contributed by atoms with E-state index in [4.69, 9.17) is 0 Å². The van der Waals surface area contributed by atoms with Gasteiger partial charge in [-0.25, -0.2) is 14.6 Å². The second-order valence-corrected chi connectivity index (χ2v) is 4.04. The first-order chi connectivity index (χ1) is 9.70. The molecule has 8 nitrogen and oxygen atoms in total. The summed E-state index contributed by atoms with van der Waals surface area (Å²) >= 11 is 0. The number of aromatic nitrogens is 4. The highest BCUT2D eigenvalue weighted by Crippen LogP contribution is 2.23. The number of fused-ring (bicyclic) bond motifs is 1. The first kappa shape index (κ1) is 12.0. The van der Waals surface area contributed by atoms with Gasteiger partial charge in [0.25, 0.3) is 5.69 Å². The molecule has 0 spiro atoms. The zero-order valence-corrected chi connectivity index (χ0v) is 10.5. The van der Waals surface area contributed by atoms with Crippen LogP contribution in [-0.2, 0) is 0 Å². The van der Waals surface area contributed by atoms with Gasteiger partial charge in [0.15, 0.2) is 5.65 Å². The molecule has 1 aromatic carbocycles. The van der Waals surface area contributed by atoms with Gasteiger partial charge in [-0.2, -0.15) is 5.10 Å². The molecule has 0 saturated heterocycles. The third-order valence-electron chi connectivity index (χ3n) is 2.89. The number of nitrogens with zero attached hydrogens (tertiary/aromatic N) is 5. The second kappa shape index (κ2) is 4.57. The number of benzene rings is 1. The Kier molecular flexibility index (Phi) is 2.75. The van der Waals surface area contributed by atoms with Crippen molar-refractivity contribution in [1.29, 1.82) is 0 Å². The van der Waals surface area contributed by atoms with Crippen molar-refractivity contribution in [2.75, 3.05) is 12.4 Å². The number of nitro groups is 1. The van der Waals surface area contributed by atoms with Gasteiger partial charge in [0.1, 0.15) is 12.1 Å². The number of hydrogen-bond donors (Lipinski definition) is 1. The van der Waals surface area contributed by atoms with E-state index in [2.05, 4.69) is 20.4 Å². The summed E-state index contributed by atoms with van der Waals surface area (Å²) in [6.45, 7) is 0. The SMILES string of the molecule is CNc1ncnc2c1cnn2-c1cccc([N+](=O)[O-])c1. The second-order valence-electron chi connectivity index (χ2n) is 4.04. The van der Waals surface area contributed by atoms with Crippen LogP contribution in [-0.4, -0.2) is 31.7 Å². The van der Waals surface area contributed by atoms with E-state index in [1.807, 2.05) is 0 Å². The van der Waals surface area contributed by atoms with Crippen molar-refractivity contribution in [3.05, 3.63) is 46.9 Å². The van der Waals surface area contributed by atoms with Gasteiger partial charge in [0.2, 0.25) is 0 Å². The van der Waals surface area contributed by atoms with E-state index in [0.29, 0.717) is 17.2 Å². The fourth-order valence-electron chi connectivity index (χ4n) is 1.97. The van der Waals surface area contributed by atoms with Gasteiger partial charge in [-0.1, -0.05) is 6.07 Å². The number of hydrogen-bond acceptors (Lipinski definition) is 6.